The zero-order valence-corrected chi connectivity index (χ0v) is 13.2. The Labute approximate surface area is 137 Å². The van der Waals surface area contributed by atoms with E-state index in [-0.39, 0.29) is 5.75 Å². The van der Waals surface area contributed by atoms with Gasteiger partial charge in [0, 0.05) is 23.7 Å². The molecule has 0 aliphatic carbocycles. The van der Waals surface area contributed by atoms with Gasteiger partial charge in [-0.15, -0.1) is 0 Å². The van der Waals surface area contributed by atoms with E-state index in [0.29, 0.717) is 21.9 Å². The molecule has 0 radical (unpaired) electrons. The lowest BCUT2D eigenvalue weighted by molar-refractivity contribution is -0.116. The average molecular weight is 329 g/mol. The molecule has 1 aromatic heterocycles. The van der Waals surface area contributed by atoms with Crippen LogP contribution in [0, 0.1) is 11.3 Å². The summed E-state index contributed by atoms with van der Waals surface area (Å²) in [6.07, 6.45) is 3.16. The van der Waals surface area contributed by atoms with Gasteiger partial charge in [-0.05, 0) is 24.6 Å². The van der Waals surface area contributed by atoms with E-state index in [1.165, 1.54) is 0 Å². The number of amides is 2. The van der Waals surface area contributed by atoms with Gasteiger partial charge in [-0.25, -0.2) is 0 Å². The van der Waals surface area contributed by atoms with Crippen LogP contribution in [0.1, 0.15) is 18.4 Å². The number of aromatic nitrogens is 1. The maximum atomic E-state index is 11.9. The molecule has 0 saturated heterocycles. The lowest BCUT2D eigenvalue weighted by Crippen LogP contribution is -2.31. The minimum Gasteiger partial charge on any atom is -0.369 e. The van der Waals surface area contributed by atoms with Gasteiger partial charge in [0.05, 0.1) is 28.3 Å². The van der Waals surface area contributed by atoms with E-state index >= 15 is 0 Å². The average Bonchev–Trinajstić information content (AvgIpc) is 2.52. The number of allylic oxidation sites excluding steroid dienone is 2. The maximum absolute atomic E-state index is 11.9. The first-order valence-electron chi connectivity index (χ1n) is 6.68. The molecule has 1 aromatic rings. The van der Waals surface area contributed by atoms with Gasteiger partial charge in [-0.1, -0.05) is 11.8 Å². The fraction of sp³-hybridized carbons (Fsp3) is 0.200. The molecule has 1 atom stereocenters. The number of hydrogen-bond acceptors (Lipinski definition) is 6. The Morgan fingerprint density at radius 1 is 1.39 bits per heavy atom. The van der Waals surface area contributed by atoms with E-state index in [9.17, 15) is 14.9 Å². The van der Waals surface area contributed by atoms with Crippen molar-refractivity contribution in [2.75, 3.05) is 5.75 Å². The predicted molar refractivity (Wildman–Crippen MR) is 86.3 cm³/mol. The second-order valence-electron chi connectivity index (χ2n) is 4.85. The summed E-state index contributed by atoms with van der Waals surface area (Å²) in [7, 11) is 0. The van der Waals surface area contributed by atoms with Gasteiger partial charge in [0.2, 0.25) is 11.8 Å². The molecule has 23 heavy (non-hydrogen) atoms. The van der Waals surface area contributed by atoms with Gasteiger partial charge >= 0.3 is 0 Å². The van der Waals surface area contributed by atoms with E-state index in [1.807, 2.05) is 0 Å². The van der Waals surface area contributed by atoms with Gasteiger partial charge in [0.15, 0.2) is 0 Å². The molecule has 2 heterocycles. The Morgan fingerprint density at radius 2 is 2.04 bits per heavy atom. The SMILES string of the molecule is CC1=C(C(N)=O)C(c2ccncc2)C(C#N)=C(SCC(N)=O)N1. The second kappa shape index (κ2) is 6.98. The fourth-order valence-electron chi connectivity index (χ4n) is 2.39. The Hall–Kier alpha value is -2.79. The summed E-state index contributed by atoms with van der Waals surface area (Å²) in [5.41, 5.74) is 12.6. The molecule has 2 amide bonds. The van der Waals surface area contributed by atoms with Crippen LogP contribution in [-0.2, 0) is 9.59 Å². The molecule has 2 rings (SSSR count). The Bertz CT molecular complexity index is 749. The van der Waals surface area contributed by atoms with Crippen molar-refractivity contribution in [3.8, 4) is 6.07 Å². The molecule has 0 spiro atoms. The molecule has 0 fully saturated rings. The highest BCUT2D eigenvalue weighted by molar-refractivity contribution is 8.03. The van der Waals surface area contributed by atoms with E-state index in [2.05, 4.69) is 16.4 Å². The molecular weight excluding hydrogens is 314 g/mol. The summed E-state index contributed by atoms with van der Waals surface area (Å²) in [4.78, 5) is 26.8. The number of nitrogens with one attached hydrogen (secondary N) is 1. The molecule has 0 aromatic carbocycles. The van der Waals surface area contributed by atoms with Crippen LogP contribution in [0.15, 0.2) is 46.4 Å². The van der Waals surface area contributed by atoms with Crippen LogP contribution in [0.3, 0.4) is 0 Å². The van der Waals surface area contributed by atoms with Crippen molar-refractivity contribution in [2.45, 2.75) is 12.8 Å². The number of nitrogens with zero attached hydrogens (tertiary/aromatic N) is 2. The minimum absolute atomic E-state index is 0.0236. The Morgan fingerprint density at radius 3 is 2.57 bits per heavy atom. The molecule has 1 aliphatic rings. The van der Waals surface area contributed by atoms with Crippen LogP contribution < -0.4 is 16.8 Å². The molecule has 0 bridgehead atoms. The molecule has 0 saturated carbocycles. The third kappa shape index (κ3) is 3.52. The molecule has 8 heteroatoms. The highest BCUT2D eigenvalue weighted by Crippen LogP contribution is 2.39. The normalized spacial score (nSPS) is 17.5. The van der Waals surface area contributed by atoms with Crippen molar-refractivity contribution in [1.82, 2.24) is 10.3 Å². The lowest BCUT2D eigenvalue weighted by Gasteiger charge is -2.28. The third-order valence-corrected chi connectivity index (χ3v) is 4.35. The lowest BCUT2D eigenvalue weighted by atomic mass is 9.82. The number of primary amides is 2. The third-order valence-electron chi connectivity index (χ3n) is 3.31. The van der Waals surface area contributed by atoms with Gasteiger partial charge in [0.25, 0.3) is 0 Å². The van der Waals surface area contributed by atoms with Crippen molar-refractivity contribution in [3.05, 3.63) is 52.0 Å². The Balaban J connectivity index is 2.56. The number of hydrogen-bond donors (Lipinski definition) is 3. The van der Waals surface area contributed by atoms with Gasteiger partial charge in [-0.2, -0.15) is 5.26 Å². The van der Waals surface area contributed by atoms with Crippen molar-refractivity contribution in [1.29, 1.82) is 5.26 Å². The molecule has 7 nitrogen and oxygen atoms in total. The summed E-state index contributed by atoms with van der Waals surface area (Å²) >= 11 is 1.12. The van der Waals surface area contributed by atoms with Crippen LogP contribution in [0.25, 0.3) is 0 Å². The first-order valence-corrected chi connectivity index (χ1v) is 7.67. The second-order valence-corrected chi connectivity index (χ2v) is 5.84. The number of carbonyl (C=O) groups excluding carboxylic acids is 2. The number of nitriles is 1. The zero-order valence-electron chi connectivity index (χ0n) is 12.4. The van der Waals surface area contributed by atoms with Crippen LogP contribution in [-0.4, -0.2) is 22.6 Å². The molecule has 5 N–H and O–H groups in total. The van der Waals surface area contributed by atoms with Crippen LogP contribution in [0.4, 0.5) is 0 Å². The summed E-state index contributed by atoms with van der Waals surface area (Å²) in [6, 6.07) is 5.56. The van der Waals surface area contributed by atoms with Gasteiger partial charge in [-0.3, -0.25) is 14.6 Å². The zero-order chi connectivity index (χ0) is 17.0. The quantitative estimate of drug-likeness (QED) is 0.719. The van der Waals surface area contributed by atoms with E-state index < -0.39 is 17.7 Å². The number of pyridine rings is 1. The molecule has 1 unspecified atom stereocenters. The molecular formula is C15H15N5O2S. The predicted octanol–water partition coefficient (Wildman–Crippen LogP) is 0.481. The fourth-order valence-corrected chi connectivity index (χ4v) is 3.22. The van der Waals surface area contributed by atoms with Crippen molar-refractivity contribution < 1.29 is 9.59 Å². The van der Waals surface area contributed by atoms with Crippen LogP contribution in [0.5, 0.6) is 0 Å². The minimum atomic E-state index is -0.608. The van der Waals surface area contributed by atoms with Crippen molar-refractivity contribution >= 4 is 23.6 Å². The van der Waals surface area contributed by atoms with Gasteiger partial charge in [0.1, 0.15) is 0 Å². The number of rotatable bonds is 5. The van der Waals surface area contributed by atoms with Crippen LogP contribution >= 0.6 is 11.8 Å². The molecule has 1 aliphatic heterocycles. The summed E-state index contributed by atoms with van der Waals surface area (Å²) in [5, 5.41) is 13.1. The first-order chi connectivity index (χ1) is 11.0. The smallest absolute Gasteiger partial charge is 0.247 e. The largest absolute Gasteiger partial charge is 0.369 e. The summed E-state index contributed by atoms with van der Waals surface area (Å²) < 4.78 is 0. The van der Waals surface area contributed by atoms with Gasteiger partial charge < -0.3 is 16.8 Å². The monoisotopic (exact) mass is 329 g/mol. The Kier molecular flexibility index (Phi) is 5.03. The van der Waals surface area contributed by atoms with E-state index in [0.717, 1.165) is 17.3 Å². The number of carbonyl (C=O) groups is 2. The maximum Gasteiger partial charge on any atom is 0.247 e. The molecule has 118 valence electrons. The van der Waals surface area contributed by atoms with E-state index in [4.69, 9.17) is 11.5 Å². The topological polar surface area (TPSA) is 135 Å². The van der Waals surface area contributed by atoms with Crippen molar-refractivity contribution in [3.63, 3.8) is 0 Å². The van der Waals surface area contributed by atoms with E-state index in [1.54, 1.807) is 31.5 Å². The van der Waals surface area contributed by atoms with Crippen molar-refractivity contribution in [2.24, 2.45) is 11.5 Å². The number of dihydropyridines is 1. The highest BCUT2D eigenvalue weighted by atomic mass is 32.2. The number of thioether (sulfide) groups is 1. The highest BCUT2D eigenvalue weighted by Gasteiger charge is 2.33. The van der Waals surface area contributed by atoms with Crippen LogP contribution in [0.2, 0.25) is 0 Å². The summed E-state index contributed by atoms with van der Waals surface area (Å²) in [5.74, 6) is -1.68. The summed E-state index contributed by atoms with van der Waals surface area (Å²) in [6.45, 7) is 1.70. The first kappa shape index (κ1) is 16.6. The number of nitrogens with two attached hydrogens (primary N) is 2. The standard InChI is InChI=1S/C15H15N5O2S/c1-8-12(14(18)22)13(9-2-4-19-5-3-9)10(6-16)15(20-8)23-7-11(17)21/h2-5,13,20H,7H2,1H3,(H2,17,21)(H2,18,22).